The monoisotopic (exact) mass is 310 g/mol. The maximum atomic E-state index is 5.77. The minimum absolute atomic E-state index is 0.226. The van der Waals surface area contributed by atoms with Crippen LogP contribution in [0.4, 0.5) is 0 Å². The number of rotatable bonds is 5. The van der Waals surface area contributed by atoms with Crippen LogP contribution in [-0.4, -0.2) is 45.9 Å². The van der Waals surface area contributed by atoms with Gasteiger partial charge in [0.2, 0.25) is 0 Å². The van der Waals surface area contributed by atoms with Crippen molar-refractivity contribution in [3.63, 3.8) is 0 Å². The molecule has 1 aromatic carbocycles. The lowest BCUT2D eigenvalue weighted by molar-refractivity contribution is 0.0369. The Morgan fingerprint density at radius 3 is 3.22 bits per heavy atom. The summed E-state index contributed by atoms with van der Waals surface area (Å²) >= 11 is 0. The van der Waals surface area contributed by atoms with Crippen molar-refractivity contribution in [1.29, 1.82) is 0 Å². The van der Waals surface area contributed by atoms with E-state index in [1.54, 1.807) is 6.20 Å². The van der Waals surface area contributed by atoms with Crippen molar-refractivity contribution in [2.75, 3.05) is 19.8 Å². The van der Waals surface area contributed by atoms with Crippen LogP contribution in [0.15, 0.2) is 42.9 Å². The summed E-state index contributed by atoms with van der Waals surface area (Å²) in [7, 11) is 0. The lowest BCUT2D eigenvalue weighted by Crippen LogP contribution is -2.16. The normalized spacial score (nSPS) is 17.8. The van der Waals surface area contributed by atoms with Gasteiger partial charge in [-0.25, -0.2) is 4.68 Å². The third kappa shape index (κ3) is 3.09. The van der Waals surface area contributed by atoms with Crippen LogP contribution in [0.1, 0.15) is 6.42 Å². The zero-order chi connectivity index (χ0) is 15.5. The van der Waals surface area contributed by atoms with Crippen molar-refractivity contribution in [3.8, 4) is 11.3 Å². The molecule has 0 N–H and O–H groups in total. The Balaban J connectivity index is 1.48. The Labute approximate surface area is 134 Å². The average molecular weight is 310 g/mol. The molecule has 0 bridgehead atoms. The summed E-state index contributed by atoms with van der Waals surface area (Å²) in [4.78, 5) is 4.16. The van der Waals surface area contributed by atoms with Crippen molar-refractivity contribution in [1.82, 2.24) is 20.0 Å². The predicted octanol–water partition coefficient (Wildman–Crippen LogP) is 2.30. The molecule has 1 unspecified atom stereocenters. The van der Waals surface area contributed by atoms with Gasteiger partial charge in [0.15, 0.2) is 0 Å². The van der Waals surface area contributed by atoms with E-state index in [2.05, 4.69) is 21.4 Å². The lowest BCUT2D eigenvalue weighted by Gasteiger charge is -2.08. The highest BCUT2D eigenvalue weighted by atomic mass is 16.5. The van der Waals surface area contributed by atoms with Gasteiger partial charge in [-0.3, -0.25) is 4.98 Å². The average Bonchev–Trinajstić information content (AvgIpc) is 3.26. The number of ether oxygens (including phenoxy) is 2. The van der Waals surface area contributed by atoms with Crippen molar-refractivity contribution in [2.45, 2.75) is 19.1 Å². The Kier molecular flexibility index (Phi) is 4.00. The largest absolute Gasteiger partial charge is 0.379 e. The molecule has 1 fully saturated rings. The highest BCUT2D eigenvalue weighted by Gasteiger charge is 2.15. The van der Waals surface area contributed by atoms with Gasteiger partial charge in [-0.15, -0.1) is 5.10 Å². The van der Waals surface area contributed by atoms with E-state index in [1.807, 2.05) is 35.3 Å². The van der Waals surface area contributed by atoms with Gasteiger partial charge >= 0.3 is 0 Å². The molecular formula is C17H18N4O2. The Bertz CT molecular complexity index is 791. The topological polar surface area (TPSA) is 62.1 Å². The quantitative estimate of drug-likeness (QED) is 0.723. The summed E-state index contributed by atoms with van der Waals surface area (Å²) in [6.07, 6.45) is 6.83. The van der Waals surface area contributed by atoms with Crippen LogP contribution >= 0.6 is 0 Å². The Hall–Kier alpha value is -2.31. The summed E-state index contributed by atoms with van der Waals surface area (Å²) in [5.74, 6) is 0. The van der Waals surface area contributed by atoms with Crippen LogP contribution in [0.5, 0.6) is 0 Å². The molecule has 23 heavy (non-hydrogen) atoms. The molecule has 0 spiro atoms. The third-order valence-corrected chi connectivity index (χ3v) is 4.06. The van der Waals surface area contributed by atoms with Gasteiger partial charge in [0, 0.05) is 30.0 Å². The molecule has 1 saturated heterocycles. The second-order valence-electron chi connectivity index (χ2n) is 5.63. The number of fused-ring (bicyclic) bond motifs is 1. The van der Waals surface area contributed by atoms with Gasteiger partial charge in [0.25, 0.3) is 0 Å². The highest BCUT2D eigenvalue weighted by Crippen LogP contribution is 2.26. The first-order valence-electron chi connectivity index (χ1n) is 7.83. The zero-order valence-electron chi connectivity index (χ0n) is 12.8. The van der Waals surface area contributed by atoms with Gasteiger partial charge in [-0.1, -0.05) is 23.4 Å². The number of pyridine rings is 1. The van der Waals surface area contributed by atoms with E-state index in [0.717, 1.165) is 35.1 Å². The van der Waals surface area contributed by atoms with Crippen LogP contribution < -0.4 is 0 Å². The first kappa shape index (κ1) is 14.3. The fourth-order valence-electron chi connectivity index (χ4n) is 2.83. The van der Waals surface area contributed by atoms with E-state index < -0.39 is 0 Å². The van der Waals surface area contributed by atoms with Gasteiger partial charge in [-0.05, 0) is 17.9 Å². The maximum Gasteiger partial charge on any atom is 0.113 e. The van der Waals surface area contributed by atoms with Crippen molar-refractivity contribution >= 4 is 10.8 Å². The molecule has 118 valence electrons. The molecule has 6 nitrogen and oxygen atoms in total. The molecule has 1 aliphatic rings. The SMILES string of the molecule is c1cc(-c2cn(CCOC3CCOC3)nn2)c2ccncc2c1. The van der Waals surface area contributed by atoms with E-state index in [0.29, 0.717) is 19.8 Å². The molecule has 2 aromatic heterocycles. The standard InChI is InChI=1S/C17H18N4O2/c1-2-13-10-18-6-4-15(13)16(3-1)17-11-21(20-19-17)7-9-23-14-5-8-22-12-14/h1-4,6,10-11,14H,5,7-9,12H2. The second kappa shape index (κ2) is 6.44. The van der Waals surface area contributed by atoms with E-state index in [1.165, 1.54) is 0 Å². The summed E-state index contributed by atoms with van der Waals surface area (Å²) in [5, 5.41) is 10.7. The molecule has 0 aliphatic carbocycles. The number of nitrogens with zero attached hydrogens (tertiary/aromatic N) is 4. The lowest BCUT2D eigenvalue weighted by atomic mass is 10.0. The molecule has 1 atom stereocenters. The highest BCUT2D eigenvalue weighted by molar-refractivity contribution is 5.94. The first-order chi connectivity index (χ1) is 11.4. The minimum atomic E-state index is 0.226. The van der Waals surface area contributed by atoms with E-state index >= 15 is 0 Å². The summed E-state index contributed by atoms with van der Waals surface area (Å²) in [6.45, 7) is 2.81. The van der Waals surface area contributed by atoms with Crippen LogP contribution in [0.25, 0.3) is 22.0 Å². The van der Waals surface area contributed by atoms with Crippen LogP contribution in [0.3, 0.4) is 0 Å². The summed E-state index contributed by atoms with van der Waals surface area (Å²) in [5.41, 5.74) is 1.94. The number of aromatic nitrogens is 4. The molecule has 3 heterocycles. The molecule has 0 radical (unpaired) electrons. The van der Waals surface area contributed by atoms with E-state index in [9.17, 15) is 0 Å². The smallest absolute Gasteiger partial charge is 0.113 e. The van der Waals surface area contributed by atoms with Gasteiger partial charge < -0.3 is 9.47 Å². The molecule has 0 saturated carbocycles. The molecule has 0 amide bonds. The van der Waals surface area contributed by atoms with E-state index in [4.69, 9.17) is 9.47 Å². The van der Waals surface area contributed by atoms with E-state index in [-0.39, 0.29) is 6.10 Å². The minimum Gasteiger partial charge on any atom is -0.379 e. The van der Waals surface area contributed by atoms with Crippen LogP contribution in [0, 0.1) is 0 Å². The van der Waals surface area contributed by atoms with Crippen LogP contribution in [0.2, 0.25) is 0 Å². The Morgan fingerprint density at radius 1 is 1.30 bits per heavy atom. The first-order valence-corrected chi connectivity index (χ1v) is 7.83. The van der Waals surface area contributed by atoms with Gasteiger partial charge in [-0.2, -0.15) is 0 Å². The number of benzene rings is 1. The fourth-order valence-corrected chi connectivity index (χ4v) is 2.83. The molecule has 6 heteroatoms. The Morgan fingerprint density at radius 2 is 2.30 bits per heavy atom. The molecular weight excluding hydrogens is 292 g/mol. The van der Waals surface area contributed by atoms with Crippen molar-refractivity contribution < 1.29 is 9.47 Å². The van der Waals surface area contributed by atoms with Crippen molar-refractivity contribution in [2.24, 2.45) is 0 Å². The predicted molar refractivity (Wildman–Crippen MR) is 85.9 cm³/mol. The zero-order valence-corrected chi connectivity index (χ0v) is 12.8. The van der Waals surface area contributed by atoms with Crippen LogP contribution in [-0.2, 0) is 16.0 Å². The molecule has 3 aromatic rings. The number of hydrogen-bond donors (Lipinski definition) is 0. The fraction of sp³-hybridized carbons (Fsp3) is 0.353. The van der Waals surface area contributed by atoms with Gasteiger partial charge in [0.1, 0.15) is 5.69 Å². The van der Waals surface area contributed by atoms with Gasteiger partial charge in [0.05, 0.1) is 32.1 Å². The molecule has 4 rings (SSSR count). The maximum absolute atomic E-state index is 5.77. The summed E-state index contributed by atoms with van der Waals surface area (Å²) < 4.78 is 12.9. The summed E-state index contributed by atoms with van der Waals surface area (Å²) in [6, 6.07) is 8.13. The third-order valence-electron chi connectivity index (χ3n) is 4.06. The number of hydrogen-bond acceptors (Lipinski definition) is 5. The van der Waals surface area contributed by atoms with Crippen molar-refractivity contribution in [3.05, 3.63) is 42.9 Å². The molecule has 1 aliphatic heterocycles. The second-order valence-corrected chi connectivity index (χ2v) is 5.63.